The van der Waals surface area contributed by atoms with E-state index in [0.29, 0.717) is 35.3 Å². The van der Waals surface area contributed by atoms with Crippen LogP contribution >= 0.6 is 27.5 Å². The van der Waals surface area contributed by atoms with Crippen molar-refractivity contribution in [3.8, 4) is 5.75 Å². The van der Waals surface area contributed by atoms with E-state index < -0.39 is 5.91 Å². The van der Waals surface area contributed by atoms with Crippen molar-refractivity contribution in [3.63, 3.8) is 0 Å². The van der Waals surface area contributed by atoms with Gasteiger partial charge in [-0.15, -0.1) is 0 Å². The van der Waals surface area contributed by atoms with E-state index in [9.17, 15) is 9.59 Å². The summed E-state index contributed by atoms with van der Waals surface area (Å²) in [6, 6.07) is 8.46. The van der Waals surface area contributed by atoms with Gasteiger partial charge in [0, 0.05) is 23.8 Å². The molecule has 0 aliphatic rings. The van der Waals surface area contributed by atoms with Gasteiger partial charge in [0.05, 0.1) is 10.7 Å². The van der Waals surface area contributed by atoms with Crippen LogP contribution in [0.25, 0.3) is 0 Å². The molecule has 164 valence electrons. The Morgan fingerprint density at radius 1 is 1.23 bits per heavy atom. The molecular weight excluding hydrogens is 488 g/mol. The van der Waals surface area contributed by atoms with Gasteiger partial charge in [0.15, 0.2) is 11.5 Å². The van der Waals surface area contributed by atoms with E-state index in [-0.39, 0.29) is 24.0 Å². The fourth-order valence-electron chi connectivity index (χ4n) is 2.67. The standard InChI is InChI=1S/C21H22BrClN4O4/c1-3-9-24-21(29)19-16(11-27(4-2)26-19)25-20(28)18-8-6-14(31-18)12-30-17-7-5-13(22)10-15(17)23/h5-8,10-11H,3-4,9,12H2,1-2H3,(H,24,29)(H,25,28). The molecule has 3 rings (SSSR count). The van der Waals surface area contributed by atoms with Gasteiger partial charge in [-0.2, -0.15) is 5.10 Å². The summed E-state index contributed by atoms with van der Waals surface area (Å²) in [5.74, 6) is 0.207. The van der Waals surface area contributed by atoms with Crippen LogP contribution in [0, 0.1) is 0 Å². The van der Waals surface area contributed by atoms with Crippen LogP contribution in [0.4, 0.5) is 5.69 Å². The lowest BCUT2D eigenvalue weighted by molar-refractivity contribution is 0.0948. The van der Waals surface area contributed by atoms with Gasteiger partial charge in [0.1, 0.15) is 18.1 Å². The Bertz CT molecular complexity index is 1080. The number of halogens is 2. The summed E-state index contributed by atoms with van der Waals surface area (Å²) in [5, 5.41) is 10.2. The number of carbonyl (C=O) groups is 2. The molecule has 0 saturated heterocycles. The van der Waals surface area contributed by atoms with E-state index in [1.54, 1.807) is 29.1 Å². The molecule has 0 fully saturated rings. The summed E-state index contributed by atoms with van der Waals surface area (Å²) in [6.45, 7) is 5.03. The first-order valence-corrected chi connectivity index (χ1v) is 10.9. The summed E-state index contributed by atoms with van der Waals surface area (Å²) in [6.07, 6.45) is 2.41. The molecule has 31 heavy (non-hydrogen) atoms. The van der Waals surface area contributed by atoms with Crippen LogP contribution in [0.5, 0.6) is 5.75 Å². The number of nitrogens with zero attached hydrogens (tertiary/aromatic N) is 2. The molecule has 2 N–H and O–H groups in total. The van der Waals surface area contributed by atoms with Gasteiger partial charge in [-0.1, -0.05) is 34.5 Å². The number of ether oxygens (including phenoxy) is 1. The number of furan rings is 1. The maximum Gasteiger partial charge on any atom is 0.291 e. The average molecular weight is 510 g/mol. The SMILES string of the molecule is CCCNC(=O)c1nn(CC)cc1NC(=O)c1ccc(COc2ccc(Br)cc2Cl)o1. The zero-order valence-electron chi connectivity index (χ0n) is 17.1. The number of rotatable bonds is 9. The molecule has 8 nitrogen and oxygen atoms in total. The maximum absolute atomic E-state index is 12.6. The lowest BCUT2D eigenvalue weighted by Gasteiger charge is -2.07. The molecule has 0 aliphatic heterocycles. The number of anilines is 1. The molecule has 2 aromatic heterocycles. The first kappa shape index (κ1) is 22.9. The van der Waals surface area contributed by atoms with Crippen LogP contribution in [0.1, 0.15) is 47.1 Å². The van der Waals surface area contributed by atoms with Crippen molar-refractivity contribution in [1.29, 1.82) is 0 Å². The second-order valence-electron chi connectivity index (χ2n) is 6.59. The highest BCUT2D eigenvalue weighted by Crippen LogP contribution is 2.28. The van der Waals surface area contributed by atoms with Crippen molar-refractivity contribution in [2.45, 2.75) is 33.4 Å². The van der Waals surface area contributed by atoms with Gasteiger partial charge in [0.25, 0.3) is 11.8 Å². The Hall–Kier alpha value is -2.78. The van der Waals surface area contributed by atoms with Crippen LogP contribution in [0.15, 0.2) is 45.4 Å². The number of amides is 2. The summed E-state index contributed by atoms with van der Waals surface area (Å²) in [5.41, 5.74) is 0.472. The largest absolute Gasteiger partial charge is 0.484 e. The monoisotopic (exact) mass is 508 g/mol. The van der Waals surface area contributed by atoms with Crippen LogP contribution < -0.4 is 15.4 Å². The summed E-state index contributed by atoms with van der Waals surface area (Å²) < 4.78 is 13.7. The van der Waals surface area contributed by atoms with Gasteiger partial charge < -0.3 is 19.8 Å². The smallest absolute Gasteiger partial charge is 0.291 e. The number of aryl methyl sites for hydroxylation is 1. The normalized spacial score (nSPS) is 10.7. The summed E-state index contributed by atoms with van der Waals surface area (Å²) in [7, 11) is 0. The van der Waals surface area contributed by atoms with Crippen LogP contribution in [0.3, 0.4) is 0 Å². The number of nitrogens with one attached hydrogen (secondary N) is 2. The van der Waals surface area contributed by atoms with E-state index in [1.165, 1.54) is 6.07 Å². The summed E-state index contributed by atoms with van der Waals surface area (Å²) >= 11 is 9.47. The third-order valence-corrected chi connectivity index (χ3v) is 5.02. The predicted molar refractivity (Wildman–Crippen MR) is 121 cm³/mol. The molecule has 0 radical (unpaired) electrons. The Morgan fingerprint density at radius 2 is 2.03 bits per heavy atom. The first-order chi connectivity index (χ1) is 14.9. The third kappa shape index (κ3) is 5.89. The van der Waals surface area contributed by atoms with Crippen molar-refractivity contribution in [2.24, 2.45) is 0 Å². The minimum Gasteiger partial charge on any atom is -0.484 e. The van der Waals surface area contributed by atoms with E-state index in [0.717, 1.165) is 10.9 Å². The van der Waals surface area contributed by atoms with Crippen molar-refractivity contribution in [2.75, 3.05) is 11.9 Å². The second-order valence-corrected chi connectivity index (χ2v) is 7.91. The summed E-state index contributed by atoms with van der Waals surface area (Å²) in [4.78, 5) is 25.0. The molecule has 1 aromatic carbocycles. The first-order valence-electron chi connectivity index (χ1n) is 9.74. The molecular formula is C21H22BrClN4O4. The molecule has 0 spiro atoms. The number of hydrogen-bond acceptors (Lipinski definition) is 5. The number of benzene rings is 1. The van der Waals surface area contributed by atoms with Crippen LogP contribution in [-0.4, -0.2) is 28.1 Å². The van der Waals surface area contributed by atoms with Crippen LogP contribution in [-0.2, 0) is 13.2 Å². The van der Waals surface area contributed by atoms with Crippen molar-refractivity contribution < 1.29 is 18.7 Å². The van der Waals surface area contributed by atoms with Crippen molar-refractivity contribution in [3.05, 3.63) is 63.2 Å². The van der Waals surface area contributed by atoms with Gasteiger partial charge in [-0.25, -0.2) is 0 Å². The Morgan fingerprint density at radius 3 is 2.74 bits per heavy atom. The van der Waals surface area contributed by atoms with Gasteiger partial charge in [-0.05, 0) is 43.7 Å². The molecule has 0 aliphatic carbocycles. The third-order valence-electron chi connectivity index (χ3n) is 4.23. The molecule has 0 atom stereocenters. The minimum atomic E-state index is -0.492. The van der Waals surface area contributed by atoms with E-state index >= 15 is 0 Å². The molecule has 3 aromatic rings. The van der Waals surface area contributed by atoms with Gasteiger partial charge in [0.2, 0.25) is 0 Å². The zero-order valence-corrected chi connectivity index (χ0v) is 19.4. The van der Waals surface area contributed by atoms with Gasteiger partial charge in [-0.3, -0.25) is 14.3 Å². The number of aromatic nitrogens is 2. The molecule has 2 heterocycles. The highest BCUT2D eigenvalue weighted by Gasteiger charge is 2.20. The topological polar surface area (TPSA) is 98.4 Å². The fraction of sp³-hybridized carbons (Fsp3) is 0.286. The Labute approximate surface area is 193 Å². The molecule has 0 unspecified atom stereocenters. The average Bonchev–Trinajstić information content (AvgIpc) is 3.38. The predicted octanol–water partition coefficient (Wildman–Crippen LogP) is 4.88. The highest BCUT2D eigenvalue weighted by atomic mass is 79.9. The van der Waals surface area contributed by atoms with E-state index in [1.807, 2.05) is 19.9 Å². The second kappa shape index (κ2) is 10.5. The molecule has 0 saturated carbocycles. The molecule has 2 amide bonds. The lowest BCUT2D eigenvalue weighted by Crippen LogP contribution is -2.26. The number of carbonyl (C=O) groups excluding carboxylic acids is 2. The van der Waals surface area contributed by atoms with Gasteiger partial charge >= 0.3 is 0 Å². The van der Waals surface area contributed by atoms with Crippen molar-refractivity contribution in [1.82, 2.24) is 15.1 Å². The fourth-order valence-corrected chi connectivity index (χ4v) is 3.40. The van der Waals surface area contributed by atoms with E-state index in [4.69, 9.17) is 20.8 Å². The Kier molecular flexibility index (Phi) is 7.75. The van der Waals surface area contributed by atoms with Crippen molar-refractivity contribution >= 4 is 45.0 Å². The number of hydrogen-bond donors (Lipinski definition) is 2. The molecule has 10 heteroatoms. The zero-order chi connectivity index (χ0) is 22.4. The Balaban J connectivity index is 1.67. The maximum atomic E-state index is 12.6. The van der Waals surface area contributed by atoms with E-state index in [2.05, 4.69) is 31.7 Å². The highest BCUT2D eigenvalue weighted by molar-refractivity contribution is 9.10. The molecule has 0 bridgehead atoms. The minimum absolute atomic E-state index is 0.0877. The van der Waals surface area contributed by atoms with Crippen LogP contribution in [0.2, 0.25) is 5.02 Å². The quantitative estimate of drug-likeness (QED) is 0.428. The lowest BCUT2D eigenvalue weighted by atomic mass is 10.3.